The second kappa shape index (κ2) is 26.2. The molecule has 0 amide bonds. The number of carbonyl (C=O) groups is 2. The van der Waals surface area contributed by atoms with Gasteiger partial charge in [-0.2, -0.15) is 20.2 Å². The highest BCUT2D eigenvalue weighted by atomic mass is 35.5. The van der Waals surface area contributed by atoms with Crippen LogP contribution in [0.3, 0.4) is 0 Å². The van der Waals surface area contributed by atoms with Gasteiger partial charge in [-0.25, -0.2) is 18.7 Å². The Kier molecular flexibility index (Phi) is 18.8. The summed E-state index contributed by atoms with van der Waals surface area (Å²) in [7, 11) is 6.79. The Morgan fingerprint density at radius 2 is 1.13 bits per heavy atom. The SMILES string of the molecule is CC(C)(C)c1cc(N)nn1[C@@H]1CCN(CCF)C1.COc1c(Oc2ccnc(CC(=O)C3CC3)c2)cnc2nc(Cl)n(C)c12.COc1c(Oc2ccnc(CC(=O)C3CC3)c2)cnc2nc(Nc3cc(C(C)(C)C)n([C@@H]4CCN(CCF)C4)n3)n(C)c12. The zero-order valence-electron chi connectivity index (χ0n) is 51.3. The maximum Gasteiger partial charge on any atom is 0.211 e. The highest BCUT2D eigenvalue weighted by Gasteiger charge is 2.34. The second-order valence-corrected chi connectivity index (χ2v) is 25.2. The number of anilines is 3. The summed E-state index contributed by atoms with van der Waals surface area (Å²) in [4.78, 5) is 54.9. The van der Waals surface area contributed by atoms with Gasteiger partial charge < -0.3 is 39.1 Å². The molecule has 10 heterocycles. The molecule has 0 unspecified atom stereocenters. The van der Waals surface area contributed by atoms with Crippen molar-refractivity contribution in [2.45, 2.75) is 116 Å². The lowest BCUT2D eigenvalue weighted by molar-refractivity contribution is -0.120. The molecule has 4 aliphatic rings. The Morgan fingerprint density at radius 1 is 0.655 bits per heavy atom. The van der Waals surface area contributed by atoms with Gasteiger partial charge in [0.25, 0.3) is 0 Å². The number of imidazole rings is 2. The van der Waals surface area contributed by atoms with Gasteiger partial charge in [-0.3, -0.25) is 38.7 Å². The maximum atomic E-state index is 13.0. The van der Waals surface area contributed by atoms with E-state index < -0.39 is 0 Å². The number of carbonyl (C=O) groups excluding carboxylic acids is 2. The van der Waals surface area contributed by atoms with E-state index in [2.05, 4.69) is 97.4 Å². The van der Waals surface area contributed by atoms with Crippen molar-refractivity contribution in [3.05, 3.63) is 89.2 Å². The number of ether oxygens (including phenoxy) is 4. The Hall–Kier alpha value is -7.83. The number of aryl methyl sites for hydroxylation is 2. The van der Waals surface area contributed by atoms with Crippen molar-refractivity contribution in [1.29, 1.82) is 0 Å². The molecular weight excluding hydrogens is 1140 g/mol. The zero-order chi connectivity index (χ0) is 61.9. The summed E-state index contributed by atoms with van der Waals surface area (Å²) >= 11 is 6.07. The molecule has 25 heteroatoms. The number of rotatable bonds is 20. The van der Waals surface area contributed by atoms with E-state index in [9.17, 15) is 18.4 Å². The smallest absolute Gasteiger partial charge is 0.211 e. The first-order valence-electron chi connectivity index (χ1n) is 29.7. The number of nitrogen functional groups attached to an aromatic ring is 1. The van der Waals surface area contributed by atoms with Gasteiger partial charge in [-0.05, 0) is 62.3 Å². The number of hydrogen-bond donors (Lipinski definition) is 2. The molecule has 464 valence electrons. The van der Waals surface area contributed by atoms with Gasteiger partial charge in [0, 0.05) is 137 Å². The third-order valence-corrected chi connectivity index (χ3v) is 16.4. The minimum absolute atomic E-state index is 0.0259. The lowest BCUT2D eigenvalue weighted by atomic mass is 9.91. The van der Waals surface area contributed by atoms with Crippen molar-refractivity contribution in [3.8, 4) is 34.5 Å². The van der Waals surface area contributed by atoms with Crippen molar-refractivity contribution < 1.29 is 37.3 Å². The third kappa shape index (κ3) is 14.6. The first-order chi connectivity index (χ1) is 41.6. The molecule has 12 rings (SSSR count). The molecule has 0 bridgehead atoms. The number of nitrogens with two attached hydrogens (primary N) is 1. The van der Waals surface area contributed by atoms with Gasteiger partial charge in [0.2, 0.25) is 11.2 Å². The van der Waals surface area contributed by atoms with E-state index in [0.717, 1.165) is 76.1 Å². The summed E-state index contributed by atoms with van der Waals surface area (Å²) in [6.45, 7) is 16.8. The molecule has 4 fully saturated rings. The van der Waals surface area contributed by atoms with Gasteiger partial charge in [0.15, 0.2) is 40.1 Å². The van der Waals surface area contributed by atoms with Crippen LogP contribution in [0.25, 0.3) is 22.3 Å². The van der Waals surface area contributed by atoms with Crippen LogP contribution >= 0.6 is 11.6 Å². The number of nitrogens with one attached hydrogen (secondary N) is 1. The zero-order valence-corrected chi connectivity index (χ0v) is 52.1. The summed E-state index contributed by atoms with van der Waals surface area (Å²) in [5, 5.41) is 13.1. The molecule has 8 aromatic heterocycles. The molecule has 87 heavy (non-hydrogen) atoms. The largest absolute Gasteiger partial charge is 0.491 e. The molecule has 2 aliphatic heterocycles. The van der Waals surface area contributed by atoms with Crippen LogP contribution in [-0.2, 0) is 47.4 Å². The highest BCUT2D eigenvalue weighted by molar-refractivity contribution is 6.29. The molecule has 8 aromatic rings. The molecule has 0 aromatic carbocycles. The predicted octanol–water partition coefficient (Wildman–Crippen LogP) is 10.5. The lowest BCUT2D eigenvalue weighted by Gasteiger charge is -2.23. The van der Waals surface area contributed by atoms with E-state index >= 15 is 0 Å². The van der Waals surface area contributed by atoms with Crippen molar-refractivity contribution in [3.63, 3.8) is 0 Å². The second-order valence-electron chi connectivity index (χ2n) is 24.8. The molecular formula is C62H79ClF2N16O6. The number of methoxy groups -OCH3 is 2. The van der Waals surface area contributed by atoms with Gasteiger partial charge in [0.1, 0.15) is 53.3 Å². The monoisotopic (exact) mass is 1220 g/mol. The Balaban J connectivity index is 0.000000161. The van der Waals surface area contributed by atoms with Gasteiger partial charge in [-0.1, -0.05) is 41.5 Å². The quantitative estimate of drug-likeness (QED) is 0.0721. The first kappa shape index (κ1) is 62.2. The number of hydrogen-bond acceptors (Lipinski definition) is 18. The summed E-state index contributed by atoms with van der Waals surface area (Å²) in [6.07, 6.45) is 12.9. The van der Waals surface area contributed by atoms with Crippen molar-refractivity contribution in [1.82, 2.24) is 68.4 Å². The average Bonchev–Trinajstić information content (AvgIpc) is 2.34. The van der Waals surface area contributed by atoms with E-state index in [1.807, 2.05) is 22.4 Å². The van der Waals surface area contributed by atoms with Crippen LogP contribution < -0.4 is 30.0 Å². The van der Waals surface area contributed by atoms with Crippen molar-refractivity contribution >= 4 is 63.1 Å². The molecule has 3 N–H and O–H groups in total. The van der Waals surface area contributed by atoms with Crippen LogP contribution in [-0.4, -0.2) is 147 Å². The average molecular weight is 1220 g/mol. The van der Waals surface area contributed by atoms with Crippen LogP contribution in [0.15, 0.2) is 61.2 Å². The fourth-order valence-corrected chi connectivity index (χ4v) is 11.3. The number of Topliss-reactive ketones (excluding diaryl/α,β-unsaturated/α-hetero) is 2. The Morgan fingerprint density at radius 3 is 1.60 bits per heavy atom. The number of likely N-dealkylation sites (tertiary alicyclic amines) is 2. The number of aromatic nitrogens is 12. The number of pyridine rings is 4. The molecule has 2 aliphatic carbocycles. The van der Waals surface area contributed by atoms with Crippen LogP contribution in [0.4, 0.5) is 26.4 Å². The van der Waals surface area contributed by atoms with E-state index in [1.54, 1.807) is 74.9 Å². The number of nitrogens with zero attached hydrogens (tertiary/aromatic N) is 14. The van der Waals surface area contributed by atoms with Crippen molar-refractivity contribution in [2.24, 2.45) is 25.9 Å². The molecule has 2 atom stereocenters. The third-order valence-electron chi connectivity index (χ3n) is 16.1. The normalized spacial score (nSPS) is 17.3. The van der Waals surface area contributed by atoms with Crippen LogP contribution in [0.5, 0.6) is 34.5 Å². The highest BCUT2D eigenvalue weighted by Crippen LogP contribution is 2.41. The predicted molar refractivity (Wildman–Crippen MR) is 328 cm³/mol. The maximum absolute atomic E-state index is 13.0. The summed E-state index contributed by atoms with van der Waals surface area (Å²) in [6, 6.07) is 11.5. The van der Waals surface area contributed by atoms with Gasteiger partial charge in [-0.15, -0.1) is 0 Å². The number of fused-ring (bicyclic) bond motifs is 2. The van der Waals surface area contributed by atoms with E-state index in [4.69, 9.17) is 46.4 Å². The van der Waals surface area contributed by atoms with Crippen LogP contribution in [0.2, 0.25) is 5.28 Å². The van der Waals surface area contributed by atoms with Crippen molar-refractivity contribution in [2.75, 3.05) is 77.9 Å². The van der Waals surface area contributed by atoms with Crippen LogP contribution in [0.1, 0.15) is 115 Å². The molecule has 0 radical (unpaired) electrons. The summed E-state index contributed by atoms with van der Waals surface area (Å²) in [5.74, 6) is 5.60. The molecule has 2 saturated heterocycles. The van der Waals surface area contributed by atoms with E-state index in [1.165, 1.54) is 0 Å². The topological polar surface area (TPSA) is 238 Å². The van der Waals surface area contributed by atoms with Gasteiger partial charge in [0.05, 0.1) is 50.1 Å². The molecule has 22 nitrogen and oxygen atoms in total. The number of alkyl halides is 2. The number of halogens is 3. The summed E-state index contributed by atoms with van der Waals surface area (Å²) in [5.41, 5.74) is 11.6. The lowest BCUT2D eigenvalue weighted by Crippen LogP contribution is -2.26. The summed E-state index contributed by atoms with van der Waals surface area (Å²) < 4.78 is 56.5. The number of ketones is 2. The fourth-order valence-electron chi connectivity index (χ4n) is 11.1. The van der Waals surface area contributed by atoms with E-state index in [0.29, 0.717) is 123 Å². The minimum Gasteiger partial charge on any atom is -0.491 e. The van der Waals surface area contributed by atoms with Crippen LogP contribution in [0, 0.1) is 11.8 Å². The minimum atomic E-state index is -0.341. The standard InChI is InChI=1S/C31H39FN8O3.C18H17ClN4O3.C13H23FN4/c1-31(2,3)25-16-26(37-40(25)21-9-12-39(18-21)13-10-32)35-30-36-29-27(38(30)4)28(42-5)24(17-34-29)43-22-8-11-33-20(14-22)15-23(41)19-6-7-19;1-23-15-16(25-2)14(9-21-17(15)22-18(23)19)26-12-5-6-20-11(7-12)8-13(24)10-3-4-10;1-13(2,3)11-8-12(15)16-18(11)10-4-6-17(9-10)7-5-14/h8,11,14,16-17,19,21H,6-7,9-10,12-13,15,18H2,1-5H3,(H,34,35,36,37);5-7,9-10H,3-4,8H2,1-2H3;8,10H,4-7,9H2,1-3H3,(H2,15,16)/t21-;;10-/m1.1/s1. The first-order valence-corrected chi connectivity index (χ1v) is 30.0. The fraction of sp³-hybridized carbons (Fsp3) is 0.516. The Labute approximate surface area is 510 Å². The van der Waals surface area contributed by atoms with E-state index in [-0.39, 0.29) is 53.6 Å². The molecule has 2 saturated carbocycles. The van der Waals surface area contributed by atoms with Gasteiger partial charge >= 0.3 is 0 Å². The Bertz CT molecular complexity index is 3750. The molecule has 0 spiro atoms.